The van der Waals surface area contributed by atoms with Gasteiger partial charge in [-0.2, -0.15) is 0 Å². The molecule has 0 radical (unpaired) electrons. The van der Waals surface area contributed by atoms with E-state index in [9.17, 15) is 9.59 Å². The molecule has 1 aromatic heterocycles. The summed E-state index contributed by atoms with van der Waals surface area (Å²) >= 11 is 0. The van der Waals surface area contributed by atoms with Crippen LogP contribution in [0.4, 0.5) is 5.95 Å². The van der Waals surface area contributed by atoms with Crippen LogP contribution in [-0.4, -0.2) is 66.0 Å². The Morgan fingerprint density at radius 2 is 2.17 bits per heavy atom. The number of nitrogens with zero attached hydrogens (tertiary/aromatic N) is 4. The predicted octanol–water partition coefficient (Wildman–Crippen LogP) is 1.51. The molecule has 2 aliphatic heterocycles. The van der Waals surface area contributed by atoms with Crippen molar-refractivity contribution in [1.29, 1.82) is 0 Å². The average molecular weight is 397 g/mol. The van der Waals surface area contributed by atoms with Gasteiger partial charge in [-0.1, -0.05) is 0 Å². The third-order valence-corrected chi connectivity index (χ3v) is 5.56. The number of amides is 2. The molecule has 2 aromatic rings. The van der Waals surface area contributed by atoms with E-state index in [-0.39, 0.29) is 24.3 Å². The molecule has 1 atom stereocenters. The molecule has 3 heterocycles. The first-order valence-corrected chi connectivity index (χ1v) is 10.3. The maximum atomic E-state index is 12.9. The fourth-order valence-corrected chi connectivity index (χ4v) is 4.09. The minimum atomic E-state index is -0.130. The Morgan fingerprint density at radius 1 is 1.31 bits per heavy atom. The standard InChI is InChI=1S/C21H27N5O3/c1-3-29-16-6-7-18-17(11-16)14(2)23-21(24-18)26-9-4-5-15(12-26)20(28)25-10-8-22-19(27)13-25/h6-7,11,15H,3-5,8-10,12-13H2,1-2H3,(H,22,27). The number of piperidine rings is 1. The average Bonchev–Trinajstić information content (AvgIpc) is 2.74. The van der Waals surface area contributed by atoms with Gasteiger partial charge in [0, 0.05) is 31.6 Å². The van der Waals surface area contributed by atoms with Gasteiger partial charge in [-0.25, -0.2) is 9.97 Å². The maximum absolute atomic E-state index is 12.9. The quantitative estimate of drug-likeness (QED) is 0.842. The highest BCUT2D eigenvalue weighted by Crippen LogP contribution is 2.27. The number of nitrogens with one attached hydrogen (secondary N) is 1. The molecule has 4 rings (SSSR count). The van der Waals surface area contributed by atoms with Crippen molar-refractivity contribution in [1.82, 2.24) is 20.2 Å². The second kappa shape index (κ2) is 8.23. The van der Waals surface area contributed by atoms with Gasteiger partial charge in [0.2, 0.25) is 17.8 Å². The molecule has 0 aliphatic carbocycles. The zero-order valence-electron chi connectivity index (χ0n) is 17.0. The van der Waals surface area contributed by atoms with Crippen molar-refractivity contribution in [3.05, 3.63) is 23.9 Å². The van der Waals surface area contributed by atoms with Crippen molar-refractivity contribution in [3.63, 3.8) is 0 Å². The molecule has 154 valence electrons. The van der Waals surface area contributed by atoms with Crippen molar-refractivity contribution >= 4 is 28.7 Å². The number of rotatable bonds is 4. The van der Waals surface area contributed by atoms with Crippen LogP contribution in [0, 0.1) is 12.8 Å². The Morgan fingerprint density at radius 3 is 2.97 bits per heavy atom. The number of aryl methyl sites for hydroxylation is 1. The lowest BCUT2D eigenvalue weighted by Crippen LogP contribution is -2.53. The number of ether oxygens (including phenoxy) is 1. The lowest BCUT2D eigenvalue weighted by molar-refractivity contribution is -0.141. The molecular weight excluding hydrogens is 370 g/mol. The van der Waals surface area contributed by atoms with Crippen molar-refractivity contribution < 1.29 is 14.3 Å². The van der Waals surface area contributed by atoms with Gasteiger partial charge in [-0.05, 0) is 44.9 Å². The van der Waals surface area contributed by atoms with E-state index in [1.165, 1.54) is 0 Å². The third-order valence-electron chi connectivity index (χ3n) is 5.56. The summed E-state index contributed by atoms with van der Waals surface area (Å²) in [5.41, 5.74) is 1.77. The van der Waals surface area contributed by atoms with Crippen LogP contribution in [-0.2, 0) is 9.59 Å². The van der Waals surface area contributed by atoms with Crippen LogP contribution in [0.1, 0.15) is 25.5 Å². The van der Waals surface area contributed by atoms with Crippen molar-refractivity contribution in [2.75, 3.05) is 44.2 Å². The van der Waals surface area contributed by atoms with E-state index >= 15 is 0 Å². The number of hydrogen-bond acceptors (Lipinski definition) is 6. The summed E-state index contributed by atoms with van der Waals surface area (Å²) in [6, 6.07) is 5.85. The first kappa shape index (κ1) is 19.4. The molecule has 1 unspecified atom stereocenters. The van der Waals surface area contributed by atoms with Crippen LogP contribution in [0.5, 0.6) is 5.75 Å². The van der Waals surface area contributed by atoms with E-state index < -0.39 is 0 Å². The van der Waals surface area contributed by atoms with Crippen LogP contribution in [0.15, 0.2) is 18.2 Å². The van der Waals surface area contributed by atoms with Crippen molar-refractivity contribution in [2.45, 2.75) is 26.7 Å². The topological polar surface area (TPSA) is 87.7 Å². The molecule has 8 nitrogen and oxygen atoms in total. The first-order valence-electron chi connectivity index (χ1n) is 10.3. The fourth-order valence-electron chi connectivity index (χ4n) is 4.09. The number of anilines is 1. The maximum Gasteiger partial charge on any atom is 0.239 e. The third kappa shape index (κ3) is 4.11. The number of fused-ring (bicyclic) bond motifs is 1. The Kier molecular flexibility index (Phi) is 5.51. The van der Waals surface area contributed by atoms with E-state index in [1.54, 1.807) is 4.90 Å². The van der Waals surface area contributed by atoms with E-state index in [0.29, 0.717) is 32.2 Å². The van der Waals surface area contributed by atoms with E-state index in [0.717, 1.165) is 41.7 Å². The zero-order valence-corrected chi connectivity index (χ0v) is 17.0. The Balaban J connectivity index is 1.53. The Hall–Kier alpha value is -2.90. The van der Waals surface area contributed by atoms with Crippen LogP contribution in [0.2, 0.25) is 0 Å². The summed E-state index contributed by atoms with van der Waals surface area (Å²) in [5.74, 6) is 1.32. The van der Waals surface area contributed by atoms with Gasteiger partial charge in [0.15, 0.2) is 0 Å². The van der Waals surface area contributed by atoms with Gasteiger partial charge in [-0.15, -0.1) is 0 Å². The van der Waals surface area contributed by atoms with Gasteiger partial charge in [0.05, 0.1) is 30.3 Å². The SMILES string of the molecule is CCOc1ccc2nc(N3CCCC(C(=O)N4CCNC(=O)C4)C3)nc(C)c2c1. The molecule has 0 bridgehead atoms. The smallest absolute Gasteiger partial charge is 0.239 e. The molecule has 29 heavy (non-hydrogen) atoms. The van der Waals surface area contributed by atoms with Gasteiger partial charge < -0.3 is 19.9 Å². The number of carbonyl (C=O) groups is 2. The van der Waals surface area contributed by atoms with Gasteiger partial charge in [0.1, 0.15) is 5.75 Å². The number of piperazine rings is 1. The monoisotopic (exact) mass is 397 g/mol. The molecule has 0 saturated carbocycles. The van der Waals surface area contributed by atoms with Crippen LogP contribution >= 0.6 is 0 Å². The summed E-state index contributed by atoms with van der Waals surface area (Å²) < 4.78 is 5.58. The molecule has 2 saturated heterocycles. The fraction of sp³-hybridized carbons (Fsp3) is 0.524. The van der Waals surface area contributed by atoms with E-state index in [2.05, 4.69) is 10.2 Å². The highest BCUT2D eigenvalue weighted by atomic mass is 16.5. The highest BCUT2D eigenvalue weighted by Gasteiger charge is 2.32. The summed E-state index contributed by atoms with van der Waals surface area (Å²) in [6.45, 7) is 7.22. The molecular formula is C21H27N5O3. The minimum Gasteiger partial charge on any atom is -0.494 e. The minimum absolute atomic E-state index is 0.0587. The first-order chi connectivity index (χ1) is 14.0. The molecule has 2 amide bonds. The molecule has 0 spiro atoms. The lowest BCUT2D eigenvalue weighted by atomic mass is 9.96. The van der Waals surface area contributed by atoms with Crippen LogP contribution < -0.4 is 15.0 Å². The summed E-state index contributed by atoms with van der Waals surface area (Å²) in [4.78, 5) is 37.8. The summed E-state index contributed by atoms with van der Waals surface area (Å²) in [6.07, 6.45) is 1.73. The Bertz CT molecular complexity index is 932. The van der Waals surface area contributed by atoms with Crippen LogP contribution in [0.25, 0.3) is 10.9 Å². The number of benzene rings is 1. The normalized spacial score (nSPS) is 19.9. The molecule has 8 heteroatoms. The van der Waals surface area contributed by atoms with Gasteiger partial charge >= 0.3 is 0 Å². The van der Waals surface area contributed by atoms with Crippen molar-refractivity contribution in [3.8, 4) is 5.75 Å². The van der Waals surface area contributed by atoms with Crippen molar-refractivity contribution in [2.24, 2.45) is 5.92 Å². The van der Waals surface area contributed by atoms with Crippen LogP contribution in [0.3, 0.4) is 0 Å². The molecule has 2 fully saturated rings. The molecule has 1 aromatic carbocycles. The number of hydrogen-bond donors (Lipinski definition) is 1. The molecule has 2 aliphatic rings. The van der Waals surface area contributed by atoms with E-state index in [1.807, 2.05) is 32.0 Å². The molecule has 1 N–H and O–H groups in total. The van der Waals surface area contributed by atoms with Gasteiger partial charge in [-0.3, -0.25) is 9.59 Å². The lowest BCUT2D eigenvalue weighted by Gasteiger charge is -2.36. The second-order valence-electron chi connectivity index (χ2n) is 7.62. The second-order valence-corrected chi connectivity index (χ2v) is 7.62. The van der Waals surface area contributed by atoms with Gasteiger partial charge in [0.25, 0.3) is 0 Å². The van der Waals surface area contributed by atoms with E-state index in [4.69, 9.17) is 14.7 Å². The number of aromatic nitrogens is 2. The highest BCUT2D eigenvalue weighted by molar-refractivity contribution is 5.87. The summed E-state index contributed by atoms with van der Waals surface area (Å²) in [5, 5.41) is 3.74. The summed E-state index contributed by atoms with van der Waals surface area (Å²) in [7, 11) is 0. The Labute approximate surface area is 170 Å². The zero-order chi connectivity index (χ0) is 20.4. The number of carbonyl (C=O) groups excluding carboxylic acids is 2. The predicted molar refractivity (Wildman–Crippen MR) is 110 cm³/mol. The largest absolute Gasteiger partial charge is 0.494 e.